The van der Waals surface area contributed by atoms with E-state index in [0.717, 1.165) is 12.0 Å². The fraction of sp³-hybridized carbons (Fsp3) is 0.154. The van der Waals surface area contributed by atoms with Crippen LogP contribution in [0, 0.1) is 0 Å². The van der Waals surface area contributed by atoms with E-state index >= 15 is 0 Å². The summed E-state index contributed by atoms with van der Waals surface area (Å²) in [6, 6.07) is 7.91. The second kappa shape index (κ2) is 4.74. The Balaban J connectivity index is 2.29. The number of aromatic nitrogens is 2. The van der Waals surface area contributed by atoms with Crippen molar-refractivity contribution in [2.45, 2.75) is 13.3 Å². The van der Waals surface area contributed by atoms with E-state index in [-0.39, 0.29) is 5.56 Å². The molecule has 0 aliphatic carbocycles. The highest BCUT2D eigenvalue weighted by Crippen LogP contribution is 2.15. The molecule has 0 saturated carbocycles. The van der Waals surface area contributed by atoms with E-state index in [0.29, 0.717) is 5.82 Å². The van der Waals surface area contributed by atoms with Crippen molar-refractivity contribution in [1.82, 2.24) is 9.97 Å². The SMILES string of the molecule is CCc1ccc(-c2ncc(C(=O)O)cn2)cc1. The molecule has 1 heterocycles. The average Bonchev–Trinajstić information content (AvgIpc) is 2.39. The van der Waals surface area contributed by atoms with Crippen molar-refractivity contribution in [3.05, 3.63) is 47.8 Å². The molecule has 0 fully saturated rings. The topological polar surface area (TPSA) is 63.1 Å². The molecule has 17 heavy (non-hydrogen) atoms. The van der Waals surface area contributed by atoms with Crippen LogP contribution in [0.25, 0.3) is 11.4 Å². The quantitative estimate of drug-likeness (QED) is 0.876. The van der Waals surface area contributed by atoms with Gasteiger partial charge in [0, 0.05) is 18.0 Å². The van der Waals surface area contributed by atoms with E-state index < -0.39 is 5.97 Å². The van der Waals surface area contributed by atoms with Crippen molar-refractivity contribution in [2.75, 3.05) is 0 Å². The number of carbonyl (C=O) groups is 1. The maximum atomic E-state index is 10.7. The lowest BCUT2D eigenvalue weighted by molar-refractivity contribution is 0.0696. The molecule has 0 radical (unpaired) electrons. The van der Waals surface area contributed by atoms with Gasteiger partial charge in [0.05, 0.1) is 5.56 Å². The first-order chi connectivity index (χ1) is 8.20. The smallest absolute Gasteiger partial charge is 0.338 e. The van der Waals surface area contributed by atoms with Crippen LogP contribution in [0.5, 0.6) is 0 Å². The number of hydrogen-bond acceptors (Lipinski definition) is 3. The van der Waals surface area contributed by atoms with Gasteiger partial charge in [0.25, 0.3) is 0 Å². The number of hydrogen-bond donors (Lipinski definition) is 1. The van der Waals surface area contributed by atoms with E-state index in [1.165, 1.54) is 18.0 Å². The van der Waals surface area contributed by atoms with Crippen LogP contribution < -0.4 is 0 Å². The van der Waals surface area contributed by atoms with E-state index in [2.05, 4.69) is 16.9 Å². The minimum absolute atomic E-state index is 0.0962. The number of rotatable bonds is 3. The van der Waals surface area contributed by atoms with Crippen LogP contribution >= 0.6 is 0 Å². The summed E-state index contributed by atoms with van der Waals surface area (Å²) < 4.78 is 0. The minimum Gasteiger partial charge on any atom is -0.478 e. The number of aromatic carboxylic acids is 1. The normalized spacial score (nSPS) is 10.2. The second-order valence-electron chi connectivity index (χ2n) is 3.65. The summed E-state index contributed by atoms with van der Waals surface area (Å²) in [6.07, 6.45) is 3.62. The lowest BCUT2D eigenvalue weighted by Crippen LogP contribution is -1.99. The van der Waals surface area contributed by atoms with E-state index in [1.807, 2.05) is 24.3 Å². The fourth-order valence-electron chi connectivity index (χ4n) is 1.48. The van der Waals surface area contributed by atoms with Crippen molar-refractivity contribution in [3.63, 3.8) is 0 Å². The highest BCUT2D eigenvalue weighted by Gasteiger charge is 2.05. The number of nitrogens with zero attached hydrogens (tertiary/aromatic N) is 2. The van der Waals surface area contributed by atoms with Crippen molar-refractivity contribution in [3.8, 4) is 11.4 Å². The average molecular weight is 228 g/mol. The van der Waals surface area contributed by atoms with Crippen LogP contribution in [0.3, 0.4) is 0 Å². The van der Waals surface area contributed by atoms with Crippen molar-refractivity contribution >= 4 is 5.97 Å². The van der Waals surface area contributed by atoms with Crippen LogP contribution in [-0.4, -0.2) is 21.0 Å². The Kier molecular flexibility index (Phi) is 3.14. The molecule has 0 amide bonds. The summed E-state index contributed by atoms with van der Waals surface area (Å²) >= 11 is 0. The first-order valence-electron chi connectivity index (χ1n) is 5.35. The lowest BCUT2D eigenvalue weighted by Gasteiger charge is -2.01. The zero-order valence-electron chi connectivity index (χ0n) is 9.42. The molecule has 0 atom stereocenters. The minimum atomic E-state index is -1.02. The molecule has 4 nitrogen and oxygen atoms in total. The third-order valence-corrected chi connectivity index (χ3v) is 2.52. The van der Waals surface area contributed by atoms with Gasteiger partial charge in [-0.25, -0.2) is 14.8 Å². The molecular formula is C13H12N2O2. The van der Waals surface area contributed by atoms with Crippen LogP contribution in [0.15, 0.2) is 36.7 Å². The highest BCUT2D eigenvalue weighted by molar-refractivity contribution is 5.86. The summed E-state index contributed by atoms with van der Waals surface area (Å²) in [6.45, 7) is 2.09. The number of benzene rings is 1. The first-order valence-corrected chi connectivity index (χ1v) is 5.35. The van der Waals surface area contributed by atoms with E-state index in [4.69, 9.17) is 5.11 Å². The predicted octanol–water partition coefficient (Wildman–Crippen LogP) is 2.40. The van der Waals surface area contributed by atoms with Crippen molar-refractivity contribution in [1.29, 1.82) is 0 Å². The summed E-state index contributed by atoms with van der Waals surface area (Å²) in [5.74, 6) is -0.476. The zero-order valence-corrected chi connectivity index (χ0v) is 9.42. The monoisotopic (exact) mass is 228 g/mol. The molecule has 0 bridgehead atoms. The maximum absolute atomic E-state index is 10.7. The third-order valence-electron chi connectivity index (χ3n) is 2.52. The van der Waals surface area contributed by atoms with Gasteiger partial charge in [0.1, 0.15) is 0 Å². The number of aryl methyl sites for hydroxylation is 1. The Morgan fingerprint density at radius 3 is 2.24 bits per heavy atom. The van der Waals surface area contributed by atoms with Crippen molar-refractivity contribution < 1.29 is 9.90 Å². The van der Waals surface area contributed by atoms with Gasteiger partial charge < -0.3 is 5.11 Å². The molecule has 0 aliphatic rings. The summed E-state index contributed by atoms with van der Waals surface area (Å²) in [5.41, 5.74) is 2.23. The molecule has 0 saturated heterocycles. The second-order valence-corrected chi connectivity index (χ2v) is 3.65. The van der Waals surface area contributed by atoms with Gasteiger partial charge in [-0.3, -0.25) is 0 Å². The Labute approximate surface area is 99.0 Å². The van der Waals surface area contributed by atoms with Gasteiger partial charge in [-0.1, -0.05) is 31.2 Å². The Morgan fingerprint density at radius 1 is 1.18 bits per heavy atom. The molecular weight excluding hydrogens is 216 g/mol. The Bertz CT molecular complexity index is 518. The molecule has 1 aromatic carbocycles. The molecule has 0 aliphatic heterocycles. The largest absolute Gasteiger partial charge is 0.478 e. The van der Waals surface area contributed by atoms with E-state index in [9.17, 15) is 4.79 Å². The van der Waals surface area contributed by atoms with Crippen molar-refractivity contribution in [2.24, 2.45) is 0 Å². The third kappa shape index (κ3) is 2.47. The molecule has 1 N–H and O–H groups in total. The fourth-order valence-corrected chi connectivity index (χ4v) is 1.48. The van der Waals surface area contributed by atoms with Crippen LogP contribution in [0.1, 0.15) is 22.8 Å². The standard InChI is InChI=1S/C13H12N2O2/c1-2-9-3-5-10(6-4-9)12-14-7-11(8-15-12)13(16)17/h3-8H,2H2,1H3,(H,16,17). The summed E-state index contributed by atoms with van der Waals surface area (Å²) in [7, 11) is 0. The Hall–Kier alpha value is -2.23. The molecule has 0 spiro atoms. The molecule has 0 unspecified atom stereocenters. The van der Waals surface area contributed by atoms with Gasteiger partial charge in [-0.2, -0.15) is 0 Å². The summed E-state index contributed by atoms with van der Waals surface area (Å²) in [5, 5.41) is 8.73. The Morgan fingerprint density at radius 2 is 1.76 bits per heavy atom. The van der Waals surface area contributed by atoms with Crippen LogP contribution in [0.4, 0.5) is 0 Å². The highest BCUT2D eigenvalue weighted by atomic mass is 16.4. The molecule has 2 aromatic rings. The molecule has 86 valence electrons. The van der Waals surface area contributed by atoms with Gasteiger partial charge in [0.15, 0.2) is 5.82 Å². The molecule has 2 rings (SSSR count). The van der Waals surface area contributed by atoms with Crippen LogP contribution in [0.2, 0.25) is 0 Å². The first kappa shape index (κ1) is 11.3. The van der Waals surface area contributed by atoms with Gasteiger partial charge in [0.2, 0.25) is 0 Å². The lowest BCUT2D eigenvalue weighted by atomic mass is 10.1. The van der Waals surface area contributed by atoms with Crippen LogP contribution in [-0.2, 0) is 6.42 Å². The molecule has 4 heteroatoms. The number of carboxylic acid groups (broad SMARTS) is 1. The van der Waals surface area contributed by atoms with Gasteiger partial charge in [-0.15, -0.1) is 0 Å². The van der Waals surface area contributed by atoms with E-state index in [1.54, 1.807) is 0 Å². The predicted molar refractivity (Wildman–Crippen MR) is 63.8 cm³/mol. The molecule has 1 aromatic heterocycles. The van der Waals surface area contributed by atoms with Gasteiger partial charge in [-0.05, 0) is 12.0 Å². The number of carboxylic acids is 1. The maximum Gasteiger partial charge on any atom is 0.338 e. The summed E-state index contributed by atoms with van der Waals surface area (Å²) in [4.78, 5) is 18.7. The zero-order chi connectivity index (χ0) is 12.3. The van der Waals surface area contributed by atoms with Gasteiger partial charge >= 0.3 is 5.97 Å².